The maximum Gasteiger partial charge on any atom is 0.0587 e. The van der Waals surface area contributed by atoms with Crippen LogP contribution in [0.2, 0.25) is 0 Å². The summed E-state index contributed by atoms with van der Waals surface area (Å²) in [7, 11) is 1.72. The molecule has 0 spiro atoms. The van der Waals surface area contributed by atoms with Crippen molar-refractivity contribution in [1.82, 2.24) is 5.32 Å². The van der Waals surface area contributed by atoms with Gasteiger partial charge in [0.2, 0.25) is 0 Å². The van der Waals surface area contributed by atoms with Crippen LogP contribution in [0, 0.1) is 0 Å². The normalized spacial score (nSPS) is 10.7. The van der Waals surface area contributed by atoms with Gasteiger partial charge in [0.25, 0.3) is 0 Å². The summed E-state index contributed by atoms with van der Waals surface area (Å²) in [4.78, 5) is 2.37. The van der Waals surface area contributed by atoms with Crippen LogP contribution in [0.25, 0.3) is 0 Å². The average Bonchev–Trinajstić information content (AvgIpc) is 2.38. The molecule has 0 bridgehead atoms. The van der Waals surface area contributed by atoms with E-state index < -0.39 is 0 Å². The van der Waals surface area contributed by atoms with Crippen LogP contribution in [0.5, 0.6) is 0 Å². The van der Waals surface area contributed by atoms with Crippen molar-refractivity contribution in [3.8, 4) is 0 Å². The minimum Gasteiger partial charge on any atom is -0.383 e. The van der Waals surface area contributed by atoms with E-state index in [0.717, 1.165) is 37.3 Å². The fourth-order valence-corrected chi connectivity index (χ4v) is 2.29. The zero-order chi connectivity index (χ0) is 13.4. The average molecular weight is 315 g/mol. The van der Waals surface area contributed by atoms with Crippen molar-refractivity contribution in [2.24, 2.45) is 0 Å². The van der Waals surface area contributed by atoms with E-state index in [1.54, 1.807) is 7.11 Å². The second-order valence-electron chi connectivity index (χ2n) is 4.11. The molecule has 3 nitrogen and oxygen atoms in total. The molecule has 0 amide bonds. The summed E-state index contributed by atoms with van der Waals surface area (Å²) in [6.07, 6.45) is 0. The third-order valence-corrected chi connectivity index (χ3v) is 3.44. The first-order chi connectivity index (χ1) is 8.72. The first kappa shape index (κ1) is 15.5. The third-order valence-electron chi connectivity index (χ3n) is 2.95. The summed E-state index contributed by atoms with van der Waals surface area (Å²) >= 11 is 3.55. The Morgan fingerprint density at radius 3 is 2.61 bits per heavy atom. The van der Waals surface area contributed by atoms with Crippen LogP contribution in [0.15, 0.2) is 22.7 Å². The van der Waals surface area contributed by atoms with Gasteiger partial charge in [-0.05, 0) is 31.5 Å². The van der Waals surface area contributed by atoms with E-state index in [9.17, 15) is 0 Å². The lowest BCUT2D eigenvalue weighted by atomic mass is 10.1. The highest BCUT2D eigenvalue weighted by molar-refractivity contribution is 9.10. The Morgan fingerprint density at radius 2 is 2.00 bits per heavy atom. The Kier molecular flexibility index (Phi) is 7.32. The SMILES string of the molecule is CCN(CC)c1cc(Br)ccc1CNCCOC. The van der Waals surface area contributed by atoms with E-state index in [-0.39, 0.29) is 0 Å². The van der Waals surface area contributed by atoms with Gasteiger partial charge in [-0.25, -0.2) is 0 Å². The largest absolute Gasteiger partial charge is 0.383 e. The number of nitrogens with one attached hydrogen (secondary N) is 1. The Bertz CT molecular complexity index is 354. The highest BCUT2D eigenvalue weighted by Gasteiger charge is 2.08. The van der Waals surface area contributed by atoms with Crippen LogP contribution in [0.4, 0.5) is 5.69 Å². The van der Waals surface area contributed by atoms with E-state index in [0.29, 0.717) is 0 Å². The van der Waals surface area contributed by atoms with Gasteiger partial charge < -0.3 is 15.0 Å². The van der Waals surface area contributed by atoms with Crippen molar-refractivity contribution in [1.29, 1.82) is 0 Å². The quantitative estimate of drug-likeness (QED) is 0.746. The molecule has 0 aliphatic rings. The topological polar surface area (TPSA) is 24.5 Å². The van der Waals surface area contributed by atoms with Crippen molar-refractivity contribution >= 4 is 21.6 Å². The molecule has 0 heterocycles. The van der Waals surface area contributed by atoms with Crippen molar-refractivity contribution < 1.29 is 4.74 Å². The van der Waals surface area contributed by atoms with Gasteiger partial charge in [-0.2, -0.15) is 0 Å². The van der Waals surface area contributed by atoms with Crippen LogP contribution < -0.4 is 10.2 Å². The lowest BCUT2D eigenvalue weighted by Crippen LogP contribution is -2.25. The monoisotopic (exact) mass is 314 g/mol. The van der Waals surface area contributed by atoms with Crippen LogP contribution in [-0.4, -0.2) is 33.4 Å². The maximum atomic E-state index is 5.04. The molecule has 102 valence electrons. The van der Waals surface area contributed by atoms with Crippen LogP contribution in [-0.2, 0) is 11.3 Å². The maximum absolute atomic E-state index is 5.04. The summed E-state index contributed by atoms with van der Waals surface area (Å²) < 4.78 is 6.17. The smallest absolute Gasteiger partial charge is 0.0587 e. The Balaban J connectivity index is 2.76. The molecular weight excluding hydrogens is 292 g/mol. The number of ether oxygens (including phenoxy) is 1. The van der Waals surface area contributed by atoms with Gasteiger partial charge in [-0.15, -0.1) is 0 Å². The zero-order valence-corrected chi connectivity index (χ0v) is 13.1. The summed E-state index contributed by atoms with van der Waals surface area (Å²) in [5.41, 5.74) is 2.64. The van der Waals surface area contributed by atoms with Crippen molar-refractivity contribution in [3.63, 3.8) is 0 Å². The molecule has 0 fully saturated rings. The predicted molar refractivity (Wildman–Crippen MR) is 81.3 cm³/mol. The number of halogens is 1. The third kappa shape index (κ3) is 4.59. The summed E-state index contributed by atoms with van der Waals surface area (Å²) in [5, 5.41) is 3.40. The zero-order valence-electron chi connectivity index (χ0n) is 11.5. The van der Waals surface area contributed by atoms with Gasteiger partial charge in [0.05, 0.1) is 6.61 Å². The second kappa shape index (κ2) is 8.51. The van der Waals surface area contributed by atoms with E-state index >= 15 is 0 Å². The number of hydrogen-bond acceptors (Lipinski definition) is 3. The van der Waals surface area contributed by atoms with Crippen LogP contribution >= 0.6 is 15.9 Å². The highest BCUT2D eigenvalue weighted by atomic mass is 79.9. The van der Waals surface area contributed by atoms with Gasteiger partial charge in [0.15, 0.2) is 0 Å². The lowest BCUT2D eigenvalue weighted by molar-refractivity contribution is 0.199. The lowest BCUT2D eigenvalue weighted by Gasteiger charge is -2.24. The molecule has 0 unspecified atom stereocenters. The Hall–Kier alpha value is -0.580. The Labute approximate surface area is 119 Å². The van der Waals surface area contributed by atoms with Crippen molar-refractivity contribution in [3.05, 3.63) is 28.2 Å². The standard InChI is InChI=1S/C14H23BrN2O/c1-4-17(5-2)14-10-13(15)7-6-12(14)11-16-8-9-18-3/h6-7,10,16H,4-5,8-9,11H2,1-3H3. The minimum atomic E-state index is 0.747. The molecule has 0 saturated heterocycles. The minimum absolute atomic E-state index is 0.747. The molecule has 4 heteroatoms. The molecule has 0 atom stereocenters. The van der Waals surface area contributed by atoms with Crippen LogP contribution in [0.3, 0.4) is 0 Å². The first-order valence-electron chi connectivity index (χ1n) is 6.45. The van der Waals surface area contributed by atoms with Crippen molar-refractivity contribution in [2.45, 2.75) is 20.4 Å². The Morgan fingerprint density at radius 1 is 1.28 bits per heavy atom. The molecule has 1 N–H and O–H groups in total. The highest BCUT2D eigenvalue weighted by Crippen LogP contribution is 2.25. The number of anilines is 1. The number of methoxy groups -OCH3 is 1. The van der Waals surface area contributed by atoms with Crippen molar-refractivity contribution in [2.75, 3.05) is 38.3 Å². The molecule has 0 aliphatic heterocycles. The number of rotatable bonds is 8. The summed E-state index contributed by atoms with van der Waals surface area (Å²) in [6, 6.07) is 6.47. The van der Waals surface area contributed by atoms with E-state index in [1.807, 2.05) is 0 Å². The molecule has 0 aromatic heterocycles. The number of benzene rings is 1. The second-order valence-corrected chi connectivity index (χ2v) is 5.03. The fraction of sp³-hybridized carbons (Fsp3) is 0.571. The van der Waals surface area contributed by atoms with E-state index in [4.69, 9.17) is 4.74 Å². The molecule has 0 aliphatic carbocycles. The number of nitrogens with zero attached hydrogens (tertiary/aromatic N) is 1. The fourth-order valence-electron chi connectivity index (χ4n) is 1.94. The molecule has 1 rings (SSSR count). The molecule has 1 aromatic rings. The molecule has 0 saturated carbocycles. The summed E-state index contributed by atoms with van der Waals surface area (Å²) in [6.45, 7) is 8.93. The van der Waals surface area contributed by atoms with Gasteiger partial charge in [0, 0.05) is 43.4 Å². The molecular formula is C14H23BrN2O. The number of hydrogen-bond donors (Lipinski definition) is 1. The molecule has 18 heavy (non-hydrogen) atoms. The molecule has 1 aromatic carbocycles. The van der Waals surface area contributed by atoms with Gasteiger partial charge >= 0.3 is 0 Å². The van der Waals surface area contributed by atoms with Gasteiger partial charge in [0.1, 0.15) is 0 Å². The first-order valence-corrected chi connectivity index (χ1v) is 7.25. The molecule has 0 radical (unpaired) electrons. The van der Waals surface area contributed by atoms with Crippen LogP contribution in [0.1, 0.15) is 19.4 Å². The van der Waals surface area contributed by atoms with Gasteiger partial charge in [-0.3, -0.25) is 0 Å². The predicted octanol–water partition coefficient (Wildman–Crippen LogP) is 3.03. The van der Waals surface area contributed by atoms with E-state index in [2.05, 4.69) is 58.2 Å². The van der Waals surface area contributed by atoms with Gasteiger partial charge in [-0.1, -0.05) is 22.0 Å². The summed E-state index contributed by atoms with van der Waals surface area (Å²) in [5.74, 6) is 0. The van der Waals surface area contributed by atoms with E-state index in [1.165, 1.54) is 11.3 Å².